The van der Waals surface area contributed by atoms with Gasteiger partial charge in [-0.25, -0.2) is 0 Å². The van der Waals surface area contributed by atoms with Crippen LogP contribution in [0, 0.1) is 5.92 Å². The molecule has 0 bridgehead atoms. The molecule has 2 N–H and O–H groups in total. The third-order valence-corrected chi connectivity index (χ3v) is 3.60. The molecule has 0 radical (unpaired) electrons. The summed E-state index contributed by atoms with van der Waals surface area (Å²) in [6, 6.07) is 5.01. The number of thiophene rings is 1. The van der Waals surface area contributed by atoms with Crippen molar-refractivity contribution in [2.75, 3.05) is 6.61 Å². The first-order chi connectivity index (χ1) is 7.63. The number of hydrogen-bond acceptors (Lipinski definition) is 3. The fourth-order valence-electron chi connectivity index (χ4n) is 2.04. The van der Waals surface area contributed by atoms with Gasteiger partial charge in [0.1, 0.15) is 0 Å². The molecule has 0 aliphatic rings. The molecular formula is C13H23NOS. The molecule has 0 amide bonds. The van der Waals surface area contributed by atoms with Crippen LogP contribution in [0.2, 0.25) is 0 Å². The van der Waals surface area contributed by atoms with Crippen LogP contribution >= 0.6 is 11.3 Å². The number of rotatable bonds is 7. The normalized spacial score (nSPS) is 15.3. The molecule has 0 aliphatic heterocycles. The Morgan fingerprint density at radius 3 is 2.62 bits per heavy atom. The van der Waals surface area contributed by atoms with Crippen LogP contribution in [0.4, 0.5) is 0 Å². The van der Waals surface area contributed by atoms with Gasteiger partial charge in [-0.3, -0.25) is 0 Å². The summed E-state index contributed by atoms with van der Waals surface area (Å²) in [4.78, 5) is 1.32. The van der Waals surface area contributed by atoms with Gasteiger partial charge >= 0.3 is 0 Å². The standard InChI is InChI=1S/C13H23NOS/c1-10(2)9-11(3)14-12(6-7-15)13-5-4-8-16-13/h4-5,8,10-12,14-15H,6-7,9H2,1-3H3. The Morgan fingerprint density at radius 1 is 1.38 bits per heavy atom. The van der Waals surface area contributed by atoms with Gasteiger partial charge in [0.15, 0.2) is 0 Å². The van der Waals surface area contributed by atoms with Gasteiger partial charge in [0.25, 0.3) is 0 Å². The molecule has 2 nitrogen and oxygen atoms in total. The number of aliphatic hydroxyl groups excluding tert-OH is 1. The van der Waals surface area contributed by atoms with E-state index in [-0.39, 0.29) is 6.61 Å². The van der Waals surface area contributed by atoms with Crippen molar-refractivity contribution in [2.45, 2.75) is 45.7 Å². The average Bonchev–Trinajstić information content (AvgIpc) is 2.68. The van der Waals surface area contributed by atoms with Crippen LogP contribution in [0.25, 0.3) is 0 Å². The Kier molecular flexibility index (Phi) is 6.03. The summed E-state index contributed by atoms with van der Waals surface area (Å²) in [6.45, 7) is 6.94. The van der Waals surface area contributed by atoms with Gasteiger partial charge in [-0.1, -0.05) is 19.9 Å². The topological polar surface area (TPSA) is 32.3 Å². The second kappa shape index (κ2) is 7.05. The minimum atomic E-state index is 0.240. The maximum Gasteiger partial charge on any atom is 0.0449 e. The first kappa shape index (κ1) is 13.7. The molecule has 0 saturated heterocycles. The zero-order valence-electron chi connectivity index (χ0n) is 10.4. The summed E-state index contributed by atoms with van der Waals surface area (Å²) in [5.74, 6) is 0.709. The molecule has 0 fully saturated rings. The number of nitrogens with one attached hydrogen (secondary N) is 1. The lowest BCUT2D eigenvalue weighted by atomic mass is 10.0. The van der Waals surface area contributed by atoms with Crippen LogP contribution in [0.15, 0.2) is 17.5 Å². The van der Waals surface area contributed by atoms with E-state index in [9.17, 15) is 0 Å². The Bertz CT molecular complexity index is 271. The van der Waals surface area contributed by atoms with Crippen molar-refractivity contribution < 1.29 is 5.11 Å². The average molecular weight is 241 g/mol. The third-order valence-electron chi connectivity index (χ3n) is 2.62. The van der Waals surface area contributed by atoms with Crippen LogP contribution in [0.5, 0.6) is 0 Å². The minimum Gasteiger partial charge on any atom is -0.396 e. The van der Waals surface area contributed by atoms with E-state index in [4.69, 9.17) is 5.11 Å². The van der Waals surface area contributed by atoms with E-state index in [0.29, 0.717) is 18.0 Å². The van der Waals surface area contributed by atoms with Gasteiger partial charge in [-0.15, -0.1) is 11.3 Å². The number of aliphatic hydroxyl groups is 1. The van der Waals surface area contributed by atoms with E-state index >= 15 is 0 Å². The van der Waals surface area contributed by atoms with Crippen molar-refractivity contribution >= 4 is 11.3 Å². The van der Waals surface area contributed by atoms with Crippen LogP contribution in [0.1, 0.15) is 44.5 Å². The maximum atomic E-state index is 9.09. The van der Waals surface area contributed by atoms with Crippen LogP contribution in [0.3, 0.4) is 0 Å². The third kappa shape index (κ3) is 4.64. The predicted molar refractivity (Wildman–Crippen MR) is 70.8 cm³/mol. The van der Waals surface area contributed by atoms with Crippen molar-refractivity contribution in [1.29, 1.82) is 0 Å². The Balaban J connectivity index is 2.51. The van der Waals surface area contributed by atoms with E-state index in [0.717, 1.165) is 6.42 Å². The van der Waals surface area contributed by atoms with Gasteiger partial charge in [-0.05, 0) is 37.1 Å². The summed E-state index contributed by atoms with van der Waals surface area (Å²) < 4.78 is 0. The molecule has 0 aromatic carbocycles. The maximum absolute atomic E-state index is 9.09. The molecule has 2 unspecified atom stereocenters. The Hall–Kier alpha value is -0.380. The summed E-state index contributed by atoms with van der Waals surface area (Å²) in [5, 5.41) is 14.8. The van der Waals surface area contributed by atoms with Crippen molar-refractivity contribution in [3.8, 4) is 0 Å². The molecule has 1 aromatic rings. The zero-order valence-corrected chi connectivity index (χ0v) is 11.3. The summed E-state index contributed by atoms with van der Waals surface area (Å²) in [5.41, 5.74) is 0. The van der Waals surface area contributed by atoms with Crippen LogP contribution in [-0.4, -0.2) is 17.8 Å². The van der Waals surface area contributed by atoms with E-state index in [2.05, 4.69) is 43.6 Å². The molecule has 3 heteroatoms. The molecule has 1 heterocycles. The van der Waals surface area contributed by atoms with Gasteiger partial charge in [0.2, 0.25) is 0 Å². The molecule has 0 saturated carbocycles. The lowest BCUT2D eigenvalue weighted by Crippen LogP contribution is -2.31. The molecule has 0 spiro atoms. The lowest BCUT2D eigenvalue weighted by molar-refractivity contribution is 0.257. The van der Waals surface area contributed by atoms with Gasteiger partial charge < -0.3 is 10.4 Å². The fourth-order valence-corrected chi connectivity index (χ4v) is 2.87. The van der Waals surface area contributed by atoms with Crippen LogP contribution in [-0.2, 0) is 0 Å². The second-order valence-corrected chi connectivity index (χ2v) is 5.76. The van der Waals surface area contributed by atoms with Gasteiger partial charge in [0, 0.05) is 23.6 Å². The largest absolute Gasteiger partial charge is 0.396 e. The second-order valence-electron chi connectivity index (χ2n) is 4.78. The van der Waals surface area contributed by atoms with Gasteiger partial charge in [0.05, 0.1) is 0 Å². The monoisotopic (exact) mass is 241 g/mol. The summed E-state index contributed by atoms with van der Waals surface area (Å²) in [7, 11) is 0. The Labute approximate surface area is 103 Å². The molecule has 16 heavy (non-hydrogen) atoms. The van der Waals surface area contributed by atoms with Crippen molar-refractivity contribution in [2.24, 2.45) is 5.92 Å². The highest BCUT2D eigenvalue weighted by atomic mass is 32.1. The molecular weight excluding hydrogens is 218 g/mol. The van der Waals surface area contributed by atoms with E-state index in [1.165, 1.54) is 11.3 Å². The van der Waals surface area contributed by atoms with E-state index in [1.807, 2.05) is 0 Å². The first-order valence-corrected chi connectivity index (χ1v) is 6.91. The minimum absolute atomic E-state index is 0.240. The first-order valence-electron chi connectivity index (χ1n) is 6.03. The quantitative estimate of drug-likeness (QED) is 0.768. The lowest BCUT2D eigenvalue weighted by Gasteiger charge is -2.23. The highest BCUT2D eigenvalue weighted by Gasteiger charge is 2.15. The number of hydrogen-bond donors (Lipinski definition) is 2. The zero-order chi connectivity index (χ0) is 12.0. The smallest absolute Gasteiger partial charge is 0.0449 e. The molecule has 2 atom stereocenters. The molecule has 1 aromatic heterocycles. The van der Waals surface area contributed by atoms with Crippen molar-refractivity contribution in [1.82, 2.24) is 5.32 Å². The summed E-state index contributed by atoms with van der Waals surface area (Å²) >= 11 is 1.76. The highest BCUT2D eigenvalue weighted by molar-refractivity contribution is 7.10. The fraction of sp³-hybridized carbons (Fsp3) is 0.692. The van der Waals surface area contributed by atoms with Crippen LogP contribution < -0.4 is 5.32 Å². The highest BCUT2D eigenvalue weighted by Crippen LogP contribution is 2.23. The molecule has 0 aliphatic carbocycles. The van der Waals surface area contributed by atoms with E-state index in [1.54, 1.807) is 11.3 Å². The molecule has 1 rings (SSSR count). The van der Waals surface area contributed by atoms with Gasteiger partial charge in [-0.2, -0.15) is 0 Å². The van der Waals surface area contributed by atoms with E-state index < -0.39 is 0 Å². The van der Waals surface area contributed by atoms with Crippen molar-refractivity contribution in [3.05, 3.63) is 22.4 Å². The predicted octanol–water partition coefficient (Wildman–Crippen LogP) is 3.20. The molecule has 92 valence electrons. The van der Waals surface area contributed by atoms with Crippen molar-refractivity contribution in [3.63, 3.8) is 0 Å². The summed E-state index contributed by atoms with van der Waals surface area (Å²) in [6.07, 6.45) is 1.97. The SMILES string of the molecule is CC(C)CC(C)NC(CCO)c1cccs1. The Morgan fingerprint density at radius 2 is 2.12 bits per heavy atom.